The summed E-state index contributed by atoms with van der Waals surface area (Å²) < 4.78 is 0. The van der Waals surface area contributed by atoms with Crippen LogP contribution in [-0.4, -0.2) is 30.3 Å². The molecule has 0 atom stereocenters. The van der Waals surface area contributed by atoms with Crippen molar-refractivity contribution in [3.63, 3.8) is 0 Å². The number of anilines is 1. The van der Waals surface area contributed by atoms with Crippen LogP contribution < -0.4 is 5.32 Å². The van der Waals surface area contributed by atoms with Crippen molar-refractivity contribution in [2.75, 3.05) is 18.9 Å². The number of hydrogen-bond donors (Lipinski definition) is 1. The molecule has 4 nitrogen and oxygen atoms in total. The lowest BCUT2D eigenvalue weighted by atomic mass is 9.81. The van der Waals surface area contributed by atoms with Crippen molar-refractivity contribution >= 4 is 17.5 Å². The van der Waals surface area contributed by atoms with Crippen molar-refractivity contribution in [1.29, 1.82) is 0 Å². The first-order chi connectivity index (χ1) is 12.3. The highest BCUT2D eigenvalue weighted by Crippen LogP contribution is 2.31. The highest BCUT2D eigenvalue weighted by molar-refractivity contribution is 5.94. The fourth-order valence-corrected chi connectivity index (χ4v) is 4.02. The van der Waals surface area contributed by atoms with E-state index in [0.717, 1.165) is 61.9 Å². The lowest BCUT2D eigenvalue weighted by Gasteiger charge is -2.30. The van der Waals surface area contributed by atoms with Crippen LogP contribution in [0.15, 0.2) is 12.1 Å². The van der Waals surface area contributed by atoms with Gasteiger partial charge >= 0.3 is 0 Å². The van der Waals surface area contributed by atoms with E-state index in [1.54, 1.807) is 0 Å². The minimum Gasteiger partial charge on any atom is -0.346 e. The van der Waals surface area contributed by atoms with Crippen molar-refractivity contribution in [3.05, 3.63) is 28.8 Å². The third-order valence-electron chi connectivity index (χ3n) is 5.60. The number of nitrogens with zero attached hydrogens (tertiary/aromatic N) is 1. The summed E-state index contributed by atoms with van der Waals surface area (Å²) in [4.78, 5) is 27.1. The predicted molar refractivity (Wildman–Crippen MR) is 107 cm³/mol. The van der Waals surface area contributed by atoms with Gasteiger partial charge in [0.1, 0.15) is 0 Å². The van der Waals surface area contributed by atoms with Crippen LogP contribution in [0.4, 0.5) is 5.69 Å². The van der Waals surface area contributed by atoms with E-state index in [-0.39, 0.29) is 23.7 Å². The monoisotopic (exact) mass is 358 g/mol. The molecule has 26 heavy (non-hydrogen) atoms. The Morgan fingerprint density at radius 3 is 2.12 bits per heavy atom. The molecule has 4 heteroatoms. The molecule has 144 valence electrons. The van der Waals surface area contributed by atoms with E-state index < -0.39 is 0 Å². The van der Waals surface area contributed by atoms with Gasteiger partial charge in [-0.05, 0) is 64.0 Å². The Labute approximate surface area is 158 Å². The Morgan fingerprint density at radius 1 is 1.04 bits per heavy atom. The Morgan fingerprint density at radius 2 is 1.58 bits per heavy atom. The molecule has 1 fully saturated rings. The summed E-state index contributed by atoms with van der Waals surface area (Å²) in [5.41, 5.74) is 4.37. The van der Waals surface area contributed by atoms with Gasteiger partial charge in [0, 0.05) is 31.1 Å². The van der Waals surface area contributed by atoms with Crippen LogP contribution >= 0.6 is 0 Å². The Balaban J connectivity index is 1.90. The summed E-state index contributed by atoms with van der Waals surface area (Å²) in [6.45, 7) is 9.12. The zero-order chi connectivity index (χ0) is 19.3. The second kappa shape index (κ2) is 9.20. The molecule has 1 N–H and O–H groups in total. The average molecular weight is 359 g/mol. The number of unbranched alkanes of at least 4 members (excludes halogenated alkanes) is 1. The summed E-state index contributed by atoms with van der Waals surface area (Å²) in [7, 11) is 1.90. The number of aryl methyl sites for hydroxylation is 3. The standard InChI is InChI=1S/C22H34N2O2/c1-6-7-12-24(5)22(26)19-10-8-18(9-11-19)21(25)23-20-16(3)13-15(2)14-17(20)4/h13-14,18-19H,6-12H2,1-5H3,(H,23,25). The van der Waals surface area contributed by atoms with Gasteiger partial charge in [0.15, 0.2) is 0 Å². The maximum absolute atomic E-state index is 12.7. The van der Waals surface area contributed by atoms with Gasteiger partial charge < -0.3 is 10.2 Å². The van der Waals surface area contributed by atoms with E-state index in [2.05, 4.69) is 31.3 Å². The van der Waals surface area contributed by atoms with E-state index in [4.69, 9.17) is 0 Å². The molecule has 1 aliphatic rings. The summed E-state index contributed by atoms with van der Waals surface area (Å²) in [6.07, 6.45) is 5.39. The molecule has 1 aliphatic carbocycles. The van der Waals surface area contributed by atoms with Crippen LogP contribution in [-0.2, 0) is 9.59 Å². The molecule has 0 saturated heterocycles. The molecule has 2 rings (SSSR count). The first kappa shape index (κ1) is 20.5. The van der Waals surface area contributed by atoms with E-state index in [1.165, 1.54) is 5.56 Å². The van der Waals surface area contributed by atoms with Crippen molar-refractivity contribution < 1.29 is 9.59 Å². The lowest BCUT2D eigenvalue weighted by molar-refractivity contribution is -0.136. The summed E-state index contributed by atoms with van der Waals surface area (Å²) in [5, 5.41) is 3.14. The smallest absolute Gasteiger partial charge is 0.227 e. The maximum Gasteiger partial charge on any atom is 0.227 e. The van der Waals surface area contributed by atoms with Gasteiger partial charge in [0.25, 0.3) is 0 Å². The van der Waals surface area contributed by atoms with Gasteiger partial charge in [-0.3, -0.25) is 9.59 Å². The largest absolute Gasteiger partial charge is 0.346 e. The number of amides is 2. The fourth-order valence-electron chi connectivity index (χ4n) is 4.02. The first-order valence-electron chi connectivity index (χ1n) is 9.97. The zero-order valence-corrected chi connectivity index (χ0v) is 17.0. The topological polar surface area (TPSA) is 49.4 Å². The van der Waals surface area contributed by atoms with Crippen molar-refractivity contribution in [3.8, 4) is 0 Å². The van der Waals surface area contributed by atoms with Gasteiger partial charge in [0.05, 0.1) is 0 Å². The Hall–Kier alpha value is -1.84. The van der Waals surface area contributed by atoms with E-state index in [0.29, 0.717) is 0 Å². The van der Waals surface area contributed by atoms with E-state index in [1.807, 2.05) is 25.8 Å². The second-order valence-electron chi connectivity index (χ2n) is 7.92. The highest BCUT2D eigenvalue weighted by atomic mass is 16.2. The van der Waals surface area contributed by atoms with Gasteiger partial charge in [-0.25, -0.2) is 0 Å². The minimum atomic E-state index is 0.0140. The van der Waals surface area contributed by atoms with Crippen molar-refractivity contribution in [2.45, 2.75) is 66.2 Å². The molecular formula is C22H34N2O2. The van der Waals surface area contributed by atoms with Gasteiger partial charge in [-0.1, -0.05) is 31.0 Å². The van der Waals surface area contributed by atoms with E-state index >= 15 is 0 Å². The number of benzene rings is 1. The summed E-state index contributed by atoms with van der Waals surface area (Å²) in [6, 6.07) is 4.20. The lowest BCUT2D eigenvalue weighted by Crippen LogP contribution is -2.37. The van der Waals surface area contributed by atoms with Crippen LogP contribution in [0.5, 0.6) is 0 Å². The van der Waals surface area contributed by atoms with E-state index in [9.17, 15) is 9.59 Å². The Bertz CT molecular complexity index is 623. The zero-order valence-electron chi connectivity index (χ0n) is 17.0. The molecule has 0 radical (unpaired) electrons. The molecule has 0 heterocycles. The molecule has 1 aromatic rings. The Kier molecular flexibility index (Phi) is 7.24. The highest BCUT2D eigenvalue weighted by Gasteiger charge is 2.31. The fraction of sp³-hybridized carbons (Fsp3) is 0.636. The number of carbonyl (C=O) groups is 2. The second-order valence-corrected chi connectivity index (χ2v) is 7.92. The van der Waals surface area contributed by atoms with Crippen molar-refractivity contribution in [1.82, 2.24) is 4.90 Å². The molecule has 2 amide bonds. The molecule has 0 aromatic heterocycles. The molecule has 0 aliphatic heterocycles. The predicted octanol–water partition coefficient (Wildman–Crippen LogP) is 4.62. The van der Waals surface area contributed by atoms with Crippen LogP contribution in [0.25, 0.3) is 0 Å². The van der Waals surface area contributed by atoms with Crippen LogP contribution in [0.3, 0.4) is 0 Å². The summed E-state index contributed by atoms with van der Waals surface area (Å²) in [5.74, 6) is 0.455. The number of carbonyl (C=O) groups excluding carboxylic acids is 2. The molecule has 0 bridgehead atoms. The van der Waals surface area contributed by atoms with Gasteiger partial charge in [-0.2, -0.15) is 0 Å². The molecule has 1 aromatic carbocycles. The van der Waals surface area contributed by atoms with Gasteiger partial charge in [0.2, 0.25) is 11.8 Å². The SMILES string of the molecule is CCCCN(C)C(=O)C1CCC(C(=O)Nc2c(C)cc(C)cc2C)CC1. The molecule has 0 unspecified atom stereocenters. The van der Waals surface area contributed by atoms with Gasteiger partial charge in [-0.15, -0.1) is 0 Å². The third-order valence-corrected chi connectivity index (χ3v) is 5.60. The minimum absolute atomic E-state index is 0.0140. The normalized spacial score (nSPS) is 19.9. The molecule has 0 spiro atoms. The first-order valence-corrected chi connectivity index (χ1v) is 9.97. The summed E-state index contributed by atoms with van der Waals surface area (Å²) >= 11 is 0. The number of nitrogens with one attached hydrogen (secondary N) is 1. The molecule has 1 saturated carbocycles. The van der Waals surface area contributed by atoms with Crippen LogP contribution in [0.1, 0.15) is 62.1 Å². The number of hydrogen-bond acceptors (Lipinski definition) is 2. The van der Waals surface area contributed by atoms with Crippen LogP contribution in [0.2, 0.25) is 0 Å². The van der Waals surface area contributed by atoms with Crippen LogP contribution in [0, 0.1) is 32.6 Å². The average Bonchev–Trinajstić information content (AvgIpc) is 2.62. The maximum atomic E-state index is 12.7. The molecular weight excluding hydrogens is 324 g/mol. The third kappa shape index (κ3) is 5.09. The van der Waals surface area contributed by atoms with Crippen molar-refractivity contribution in [2.24, 2.45) is 11.8 Å². The number of rotatable bonds is 6. The quantitative estimate of drug-likeness (QED) is 0.807.